The second-order valence-corrected chi connectivity index (χ2v) is 4.09. The Labute approximate surface area is 96.7 Å². The predicted octanol–water partition coefficient (Wildman–Crippen LogP) is 2.18. The molecule has 0 atom stereocenters. The van der Waals surface area contributed by atoms with Crippen LogP contribution in [-0.4, -0.2) is 16.5 Å². The van der Waals surface area contributed by atoms with E-state index >= 15 is 0 Å². The molecule has 1 N–H and O–H groups in total. The van der Waals surface area contributed by atoms with Gasteiger partial charge in [0, 0.05) is 24.2 Å². The first kappa shape index (κ1) is 10.9. The number of hydrogen-bond acceptors (Lipinski definition) is 3. The van der Waals surface area contributed by atoms with Crippen molar-refractivity contribution in [2.75, 3.05) is 11.9 Å². The van der Waals surface area contributed by atoms with E-state index in [-0.39, 0.29) is 0 Å². The van der Waals surface area contributed by atoms with E-state index in [1.165, 1.54) is 17.7 Å². The number of nitrogens with one attached hydrogen (secondary N) is 1. The quantitative estimate of drug-likeness (QED) is 0.604. The first-order valence-corrected chi connectivity index (χ1v) is 5.92. The van der Waals surface area contributed by atoms with Crippen molar-refractivity contribution in [3.8, 4) is 12.3 Å². The first-order chi connectivity index (χ1) is 7.92. The molecule has 0 bridgehead atoms. The number of aryl methyl sites for hydroxylation is 1. The van der Waals surface area contributed by atoms with Crippen LogP contribution in [0.1, 0.15) is 36.9 Å². The maximum absolute atomic E-state index is 5.20. The van der Waals surface area contributed by atoms with Crippen LogP contribution in [0, 0.1) is 12.3 Å². The molecule has 1 aliphatic carbocycles. The third-order valence-electron chi connectivity index (χ3n) is 2.92. The molecule has 0 spiro atoms. The average molecular weight is 215 g/mol. The van der Waals surface area contributed by atoms with Crippen molar-refractivity contribution in [3.63, 3.8) is 0 Å². The number of nitrogens with zero attached hydrogens (tertiary/aromatic N) is 2. The van der Waals surface area contributed by atoms with Gasteiger partial charge in [0.1, 0.15) is 12.1 Å². The minimum absolute atomic E-state index is 0.865. The second kappa shape index (κ2) is 5.50. The van der Waals surface area contributed by atoms with Crippen molar-refractivity contribution >= 4 is 5.82 Å². The van der Waals surface area contributed by atoms with Gasteiger partial charge in [-0.05, 0) is 32.1 Å². The lowest BCUT2D eigenvalue weighted by Gasteiger charge is -2.08. The summed E-state index contributed by atoms with van der Waals surface area (Å²) in [7, 11) is 0. The number of hydrogen-bond donors (Lipinski definition) is 1. The van der Waals surface area contributed by atoms with Crippen LogP contribution in [0.15, 0.2) is 6.33 Å². The van der Waals surface area contributed by atoms with E-state index in [1.807, 2.05) is 0 Å². The highest BCUT2D eigenvalue weighted by molar-refractivity contribution is 5.47. The highest BCUT2D eigenvalue weighted by Gasteiger charge is 2.16. The van der Waals surface area contributed by atoms with E-state index in [0.717, 1.165) is 44.5 Å². The Morgan fingerprint density at radius 3 is 3.12 bits per heavy atom. The molecule has 84 valence electrons. The molecule has 0 radical (unpaired) electrons. The second-order valence-electron chi connectivity index (χ2n) is 4.09. The van der Waals surface area contributed by atoms with Gasteiger partial charge in [-0.3, -0.25) is 0 Å². The molecule has 2 rings (SSSR count). The molecule has 0 aliphatic heterocycles. The Bertz CT molecular complexity index is 393. The predicted molar refractivity (Wildman–Crippen MR) is 65.2 cm³/mol. The number of rotatable bonds is 5. The van der Waals surface area contributed by atoms with Crippen LogP contribution in [0.5, 0.6) is 0 Å². The summed E-state index contributed by atoms with van der Waals surface area (Å²) in [5.41, 5.74) is 2.54. The molecule has 3 nitrogen and oxygen atoms in total. The number of unbranched alkanes of at least 4 members (excludes halogenated alkanes) is 2. The Hall–Kier alpha value is -1.56. The fourth-order valence-electron chi connectivity index (χ4n) is 2.07. The van der Waals surface area contributed by atoms with Crippen LogP contribution in [0.4, 0.5) is 5.82 Å². The minimum atomic E-state index is 0.865. The molecule has 3 heteroatoms. The molecule has 0 saturated heterocycles. The third-order valence-corrected chi connectivity index (χ3v) is 2.92. The van der Waals surface area contributed by atoms with Gasteiger partial charge in [-0.1, -0.05) is 0 Å². The van der Waals surface area contributed by atoms with Crippen LogP contribution in [-0.2, 0) is 12.8 Å². The summed E-state index contributed by atoms with van der Waals surface area (Å²) < 4.78 is 0. The van der Waals surface area contributed by atoms with Crippen LogP contribution < -0.4 is 5.32 Å². The summed E-state index contributed by atoms with van der Waals surface area (Å²) in [4.78, 5) is 8.61. The van der Waals surface area contributed by atoms with Gasteiger partial charge in [0.2, 0.25) is 0 Å². The van der Waals surface area contributed by atoms with E-state index in [0.29, 0.717) is 0 Å². The van der Waals surface area contributed by atoms with Gasteiger partial charge in [0.15, 0.2) is 0 Å². The molecular weight excluding hydrogens is 198 g/mol. The van der Waals surface area contributed by atoms with Crippen molar-refractivity contribution in [1.82, 2.24) is 9.97 Å². The Morgan fingerprint density at radius 1 is 1.31 bits per heavy atom. The van der Waals surface area contributed by atoms with Crippen molar-refractivity contribution in [2.24, 2.45) is 0 Å². The fraction of sp³-hybridized carbons (Fsp3) is 0.538. The zero-order valence-corrected chi connectivity index (χ0v) is 9.50. The fourth-order valence-corrected chi connectivity index (χ4v) is 2.07. The van der Waals surface area contributed by atoms with Gasteiger partial charge in [0.05, 0.1) is 0 Å². The highest BCUT2D eigenvalue weighted by atomic mass is 15.0. The van der Waals surface area contributed by atoms with Gasteiger partial charge in [-0.25, -0.2) is 9.97 Å². The summed E-state index contributed by atoms with van der Waals surface area (Å²) >= 11 is 0. The Morgan fingerprint density at radius 2 is 2.25 bits per heavy atom. The van der Waals surface area contributed by atoms with Gasteiger partial charge < -0.3 is 5.32 Å². The maximum Gasteiger partial charge on any atom is 0.132 e. The van der Waals surface area contributed by atoms with Gasteiger partial charge in [-0.2, -0.15) is 0 Å². The van der Waals surface area contributed by atoms with E-state index in [2.05, 4.69) is 21.2 Å². The van der Waals surface area contributed by atoms with E-state index < -0.39 is 0 Å². The highest BCUT2D eigenvalue weighted by Crippen LogP contribution is 2.24. The molecule has 0 fully saturated rings. The molecule has 1 aliphatic rings. The standard InChI is InChI=1S/C13H17N3/c1-2-3-4-5-9-14-13-11-7-6-8-12(11)15-10-16-13/h1,10H,3-9H2,(H,14,15,16). The zero-order valence-electron chi connectivity index (χ0n) is 9.50. The normalized spacial score (nSPS) is 13.2. The Kier molecular flexibility index (Phi) is 3.76. The summed E-state index contributed by atoms with van der Waals surface area (Å²) in [5, 5.41) is 3.38. The molecule has 0 unspecified atom stereocenters. The maximum atomic E-state index is 5.20. The molecule has 16 heavy (non-hydrogen) atoms. The molecule has 0 aromatic carbocycles. The molecule has 1 aromatic heterocycles. The van der Waals surface area contributed by atoms with Crippen molar-refractivity contribution in [2.45, 2.75) is 38.5 Å². The molecule has 0 saturated carbocycles. The van der Waals surface area contributed by atoms with Crippen LogP contribution in [0.3, 0.4) is 0 Å². The SMILES string of the molecule is C#CCCCCNc1ncnc2c1CCC2. The number of aromatic nitrogens is 2. The van der Waals surface area contributed by atoms with Crippen molar-refractivity contribution < 1.29 is 0 Å². The minimum Gasteiger partial charge on any atom is -0.370 e. The first-order valence-electron chi connectivity index (χ1n) is 5.92. The summed E-state index contributed by atoms with van der Waals surface area (Å²) in [5.74, 6) is 3.69. The topological polar surface area (TPSA) is 37.8 Å². The van der Waals surface area contributed by atoms with Crippen LogP contribution in [0.25, 0.3) is 0 Å². The monoisotopic (exact) mass is 215 g/mol. The lowest BCUT2D eigenvalue weighted by molar-refractivity contribution is 0.785. The third kappa shape index (κ3) is 2.52. The summed E-state index contributed by atoms with van der Waals surface area (Å²) in [6.07, 6.45) is 13.3. The summed E-state index contributed by atoms with van der Waals surface area (Å²) in [6, 6.07) is 0. The Balaban J connectivity index is 1.86. The van der Waals surface area contributed by atoms with Gasteiger partial charge in [0.25, 0.3) is 0 Å². The smallest absolute Gasteiger partial charge is 0.132 e. The lowest BCUT2D eigenvalue weighted by atomic mass is 10.2. The van der Waals surface area contributed by atoms with Gasteiger partial charge >= 0.3 is 0 Å². The molecule has 1 aromatic rings. The number of fused-ring (bicyclic) bond motifs is 1. The van der Waals surface area contributed by atoms with E-state index in [4.69, 9.17) is 6.42 Å². The largest absolute Gasteiger partial charge is 0.370 e. The van der Waals surface area contributed by atoms with Crippen molar-refractivity contribution in [1.29, 1.82) is 0 Å². The van der Waals surface area contributed by atoms with Gasteiger partial charge in [-0.15, -0.1) is 12.3 Å². The number of terminal acetylenes is 1. The van der Waals surface area contributed by atoms with Crippen LogP contribution >= 0.6 is 0 Å². The summed E-state index contributed by atoms with van der Waals surface area (Å²) in [6.45, 7) is 0.950. The molecule has 0 amide bonds. The van der Waals surface area contributed by atoms with E-state index in [9.17, 15) is 0 Å². The lowest BCUT2D eigenvalue weighted by Crippen LogP contribution is -2.06. The molecular formula is C13H17N3. The van der Waals surface area contributed by atoms with E-state index in [1.54, 1.807) is 6.33 Å². The zero-order chi connectivity index (χ0) is 11.2. The van der Waals surface area contributed by atoms with Crippen LogP contribution in [0.2, 0.25) is 0 Å². The average Bonchev–Trinajstić information content (AvgIpc) is 2.77. The van der Waals surface area contributed by atoms with Crippen molar-refractivity contribution in [3.05, 3.63) is 17.6 Å². The number of anilines is 1. The molecule has 1 heterocycles.